The minimum absolute atomic E-state index is 0.653. The normalized spacial score (nSPS) is 15.7. The van der Waals surface area contributed by atoms with E-state index >= 15 is 0 Å². The molecule has 3 rings (SSSR count). The highest BCUT2D eigenvalue weighted by Gasteiger charge is 2.17. The summed E-state index contributed by atoms with van der Waals surface area (Å²) in [5, 5.41) is 1.01. The summed E-state index contributed by atoms with van der Waals surface area (Å²) < 4.78 is 5.35. The van der Waals surface area contributed by atoms with E-state index in [0.717, 1.165) is 41.7 Å². The van der Waals surface area contributed by atoms with Crippen LogP contribution in [0.3, 0.4) is 0 Å². The molecule has 19 heavy (non-hydrogen) atoms. The fourth-order valence-electron chi connectivity index (χ4n) is 2.47. The molecule has 0 atom stereocenters. The first-order valence-corrected chi connectivity index (χ1v) is 6.48. The van der Waals surface area contributed by atoms with Gasteiger partial charge in [-0.05, 0) is 18.6 Å². The smallest absolute Gasteiger partial charge is 0.153 e. The van der Waals surface area contributed by atoms with Gasteiger partial charge in [-0.1, -0.05) is 18.2 Å². The summed E-state index contributed by atoms with van der Waals surface area (Å²) in [6.45, 7) is 4.98. The highest BCUT2D eigenvalue weighted by molar-refractivity contribution is 5.93. The van der Waals surface area contributed by atoms with Crippen molar-refractivity contribution in [3.05, 3.63) is 35.4 Å². The van der Waals surface area contributed by atoms with E-state index in [2.05, 4.69) is 4.90 Å². The van der Waals surface area contributed by atoms with Gasteiger partial charge in [0.25, 0.3) is 0 Å². The molecule has 0 radical (unpaired) electrons. The average molecular weight is 256 g/mol. The fourth-order valence-corrected chi connectivity index (χ4v) is 2.47. The maximum absolute atomic E-state index is 11.3. The summed E-state index contributed by atoms with van der Waals surface area (Å²) in [7, 11) is 0. The Morgan fingerprint density at radius 3 is 2.84 bits per heavy atom. The van der Waals surface area contributed by atoms with Crippen molar-refractivity contribution in [3.8, 4) is 0 Å². The van der Waals surface area contributed by atoms with Crippen LogP contribution >= 0.6 is 0 Å². The van der Waals surface area contributed by atoms with Crippen molar-refractivity contribution in [3.63, 3.8) is 0 Å². The molecule has 2 aromatic rings. The first-order valence-electron chi connectivity index (χ1n) is 6.48. The molecular weight excluding hydrogens is 240 g/mol. The van der Waals surface area contributed by atoms with Crippen LogP contribution in [0.15, 0.2) is 24.3 Å². The van der Waals surface area contributed by atoms with E-state index < -0.39 is 0 Å². The van der Waals surface area contributed by atoms with Crippen LogP contribution in [-0.2, 0) is 4.74 Å². The maximum Gasteiger partial charge on any atom is 0.153 e. The molecule has 0 aliphatic carbocycles. The van der Waals surface area contributed by atoms with Gasteiger partial charge in [-0.15, -0.1) is 0 Å². The van der Waals surface area contributed by atoms with Gasteiger partial charge in [-0.25, -0.2) is 4.98 Å². The number of aldehydes is 1. The lowest BCUT2D eigenvalue weighted by atomic mass is 10.1. The molecule has 1 fully saturated rings. The number of ether oxygens (including phenoxy) is 1. The summed E-state index contributed by atoms with van der Waals surface area (Å²) in [6, 6.07) is 7.94. The number of morpholine rings is 1. The number of para-hydroxylation sites is 1. The third-order valence-electron chi connectivity index (χ3n) is 3.49. The first kappa shape index (κ1) is 12.1. The van der Waals surface area contributed by atoms with E-state index in [1.54, 1.807) is 0 Å². The van der Waals surface area contributed by atoms with Crippen molar-refractivity contribution in [2.24, 2.45) is 0 Å². The predicted octanol–water partition coefficient (Wildman–Crippen LogP) is 2.19. The minimum atomic E-state index is 0.653. The number of aromatic nitrogens is 1. The number of fused-ring (bicyclic) bond motifs is 1. The van der Waals surface area contributed by atoms with Gasteiger partial charge in [0.15, 0.2) is 6.29 Å². The third kappa shape index (κ3) is 2.19. The zero-order valence-corrected chi connectivity index (χ0v) is 10.9. The lowest BCUT2D eigenvalue weighted by molar-refractivity contribution is 0.111. The molecular formula is C15H16N2O2. The molecule has 4 heteroatoms. The summed E-state index contributed by atoms with van der Waals surface area (Å²) in [6.07, 6.45) is 0.888. The SMILES string of the molecule is Cc1cccc2cc(C=O)c(N3CCOCC3)nc12. The molecule has 4 nitrogen and oxygen atoms in total. The molecule has 0 bridgehead atoms. The number of benzene rings is 1. The fraction of sp³-hybridized carbons (Fsp3) is 0.333. The molecule has 98 valence electrons. The molecule has 0 saturated carbocycles. The second-order valence-electron chi connectivity index (χ2n) is 4.77. The zero-order chi connectivity index (χ0) is 13.2. The molecule has 0 unspecified atom stereocenters. The van der Waals surface area contributed by atoms with Crippen LogP contribution < -0.4 is 4.90 Å². The van der Waals surface area contributed by atoms with Crippen LogP contribution in [0.25, 0.3) is 10.9 Å². The van der Waals surface area contributed by atoms with Gasteiger partial charge < -0.3 is 9.64 Å². The molecule has 1 aliphatic rings. The van der Waals surface area contributed by atoms with Crippen molar-refractivity contribution in [1.82, 2.24) is 4.98 Å². The van der Waals surface area contributed by atoms with Crippen molar-refractivity contribution in [1.29, 1.82) is 0 Å². The van der Waals surface area contributed by atoms with Crippen LogP contribution in [0.5, 0.6) is 0 Å². The maximum atomic E-state index is 11.3. The summed E-state index contributed by atoms with van der Waals surface area (Å²) in [4.78, 5) is 18.1. The molecule has 1 saturated heterocycles. The number of aryl methyl sites for hydroxylation is 1. The number of carbonyl (C=O) groups is 1. The van der Waals surface area contributed by atoms with Crippen molar-refractivity contribution in [2.45, 2.75) is 6.92 Å². The summed E-state index contributed by atoms with van der Waals surface area (Å²) >= 11 is 0. The summed E-state index contributed by atoms with van der Waals surface area (Å²) in [5.41, 5.74) is 2.75. The Morgan fingerprint density at radius 1 is 1.32 bits per heavy atom. The largest absolute Gasteiger partial charge is 0.378 e. The average Bonchev–Trinajstić information content (AvgIpc) is 2.47. The van der Waals surface area contributed by atoms with Crippen LogP contribution in [0.2, 0.25) is 0 Å². The van der Waals surface area contributed by atoms with E-state index in [0.29, 0.717) is 18.8 Å². The van der Waals surface area contributed by atoms with E-state index in [4.69, 9.17) is 9.72 Å². The van der Waals surface area contributed by atoms with Crippen molar-refractivity contribution < 1.29 is 9.53 Å². The van der Waals surface area contributed by atoms with E-state index in [1.165, 1.54) is 0 Å². The van der Waals surface area contributed by atoms with Crippen molar-refractivity contribution in [2.75, 3.05) is 31.2 Å². The number of rotatable bonds is 2. The van der Waals surface area contributed by atoms with Gasteiger partial charge in [0.1, 0.15) is 5.82 Å². The highest BCUT2D eigenvalue weighted by atomic mass is 16.5. The van der Waals surface area contributed by atoms with Crippen molar-refractivity contribution >= 4 is 23.0 Å². The van der Waals surface area contributed by atoms with Gasteiger partial charge in [-0.3, -0.25) is 4.79 Å². The number of anilines is 1. The van der Waals surface area contributed by atoms with Crippen LogP contribution in [0.1, 0.15) is 15.9 Å². The first-order chi connectivity index (χ1) is 9.29. The molecule has 0 N–H and O–H groups in total. The molecule has 1 aliphatic heterocycles. The van der Waals surface area contributed by atoms with E-state index in [9.17, 15) is 4.79 Å². The third-order valence-corrected chi connectivity index (χ3v) is 3.49. The molecule has 0 amide bonds. The van der Waals surface area contributed by atoms with Gasteiger partial charge in [0, 0.05) is 18.5 Å². The number of pyridine rings is 1. The second-order valence-corrected chi connectivity index (χ2v) is 4.77. The summed E-state index contributed by atoms with van der Waals surface area (Å²) in [5.74, 6) is 0.778. The van der Waals surface area contributed by atoms with Gasteiger partial charge in [0.05, 0.1) is 24.3 Å². The minimum Gasteiger partial charge on any atom is -0.378 e. The van der Waals surface area contributed by atoms with Crippen LogP contribution in [0.4, 0.5) is 5.82 Å². The Kier molecular flexibility index (Phi) is 3.17. The monoisotopic (exact) mass is 256 g/mol. The quantitative estimate of drug-likeness (QED) is 0.772. The van der Waals surface area contributed by atoms with Crippen LogP contribution in [-0.4, -0.2) is 37.6 Å². The number of carbonyl (C=O) groups excluding carboxylic acids is 1. The lowest BCUT2D eigenvalue weighted by Gasteiger charge is -2.29. The van der Waals surface area contributed by atoms with Gasteiger partial charge >= 0.3 is 0 Å². The number of hydrogen-bond donors (Lipinski definition) is 0. The Labute approximate surface area is 112 Å². The molecule has 1 aromatic carbocycles. The topological polar surface area (TPSA) is 42.4 Å². The zero-order valence-electron chi connectivity index (χ0n) is 10.9. The number of hydrogen-bond acceptors (Lipinski definition) is 4. The molecule has 0 spiro atoms. The molecule has 1 aromatic heterocycles. The highest BCUT2D eigenvalue weighted by Crippen LogP contribution is 2.25. The van der Waals surface area contributed by atoms with Gasteiger partial charge in [-0.2, -0.15) is 0 Å². The van der Waals surface area contributed by atoms with E-state index in [1.807, 2.05) is 31.2 Å². The second kappa shape index (κ2) is 4.97. The van der Waals surface area contributed by atoms with E-state index in [-0.39, 0.29) is 0 Å². The Bertz CT molecular complexity index is 619. The van der Waals surface area contributed by atoms with Gasteiger partial charge in [0.2, 0.25) is 0 Å². The Hall–Kier alpha value is -1.94. The Morgan fingerprint density at radius 2 is 2.11 bits per heavy atom. The standard InChI is InChI=1S/C15H16N2O2/c1-11-3-2-4-12-9-13(10-18)15(16-14(11)12)17-5-7-19-8-6-17/h2-4,9-10H,5-8H2,1H3. The lowest BCUT2D eigenvalue weighted by Crippen LogP contribution is -2.37. The predicted molar refractivity (Wildman–Crippen MR) is 74.9 cm³/mol. The molecule has 2 heterocycles. The number of nitrogens with zero attached hydrogens (tertiary/aromatic N) is 2. The Balaban J connectivity index is 2.15. The van der Waals surface area contributed by atoms with Crippen LogP contribution in [0, 0.1) is 6.92 Å².